The van der Waals surface area contributed by atoms with Crippen LogP contribution in [-0.2, 0) is 15.9 Å². The highest BCUT2D eigenvalue weighted by molar-refractivity contribution is 5.90. The van der Waals surface area contributed by atoms with Crippen LogP contribution in [0.25, 0.3) is 11.1 Å². The fraction of sp³-hybridized carbons (Fsp3) is 0.333. The molecule has 0 saturated heterocycles. The number of ether oxygens (including phenoxy) is 2. The number of halogens is 1. The van der Waals surface area contributed by atoms with Gasteiger partial charge in [-0.2, -0.15) is 0 Å². The quantitative estimate of drug-likeness (QED) is 0.263. The zero-order valence-corrected chi connectivity index (χ0v) is 18.4. The third kappa shape index (κ3) is 6.90. The minimum atomic E-state index is -0.238. The number of methoxy groups -OCH3 is 1. The Hall–Kier alpha value is -3.23. The van der Waals surface area contributed by atoms with Crippen molar-refractivity contribution in [1.82, 2.24) is 5.16 Å². The van der Waals surface area contributed by atoms with Crippen LogP contribution in [0.5, 0.6) is 0 Å². The first-order chi connectivity index (χ1) is 15.6. The second-order valence-corrected chi connectivity index (χ2v) is 7.39. The summed E-state index contributed by atoms with van der Waals surface area (Å²) in [4.78, 5) is 4.17. The van der Waals surface area contributed by atoms with Crippen LogP contribution in [0.3, 0.4) is 0 Å². The van der Waals surface area contributed by atoms with Crippen molar-refractivity contribution in [3.05, 3.63) is 71.7 Å². The number of aromatic nitrogens is 1. The van der Waals surface area contributed by atoms with Crippen molar-refractivity contribution >= 4 is 11.8 Å². The first-order valence-corrected chi connectivity index (χ1v) is 10.5. The first kappa shape index (κ1) is 23.4. The third-order valence-electron chi connectivity index (χ3n) is 4.92. The van der Waals surface area contributed by atoms with Gasteiger partial charge in [0, 0.05) is 18.7 Å². The molecule has 0 aliphatic carbocycles. The summed E-state index contributed by atoms with van der Waals surface area (Å²) in [6.07, 6.45) is 0.597. The van der Waals surface area contributed by atoms with E-state index in [9.17, 15) is 4.39 Å². The molecule has 0 amide bonds. The van der Waals surface area contributed by atoms with Gasteiger partial charge in [0.25, 0.3) is 0 Å². The van der Waals surface area contributed by atoms with E-state index in [0.29, 0.717) is 44.2 Å². The summed E-state index contributed by atoms with van der Waals surface area (Å²) >= 11 is 0. The first-order valence-electron chi connectivity index (χ1n) is 10.5. The number of guanidine groups is 1. The Kier molecular flexibility index (Phi) is 8.77. The van der Waals surface area contributed by atoms with Gasteiger partial charge in [-0.25, -0.2) is 4.39 Å². The molecule has 1 atom stereocenters. The fourth-order valence-corrected chi connectivity index (χ4v) is 3.23. The molecular weight excluding hydrogens is 411 g/mol. The fourth-order valence-electron chi connectivity index (χ4n) is 3.23. The van der Waals surface area contributed by atoms with E-state index in [1.54, 1.807) is 19.2 Å². The summed E-state index contributed by atoms with van der Waals surface area (Å²) in [7, 11) is 1.62. The SMILES string of the molecule is COCCOCCN=C(N)Nc1cc(CC(C)c2ccc(-c3ccccc3)c(F)c2)no1. The molecule has 0 spiro atoms. The van der Waals surface area contributed by atoms with Crippen LogP contribution in [-0.4, -0.2) is 44.6 Å². The largest absolute Gasteiger partial charge is 0.382 e. The molecule has 0 aliphatic rings. The molecule has 2 aromatic carbocycles. The van der Waals surface area contributed by atoms with Crippen molar-refractivity contribution in [3.63, 3.8) is 0 Å². The number of aliphatic imine (C=N–C) groups is 1. The van der Waals surface area contributed by atoms with Crippen LogP contribution < -0.4 is 11.1 Å². The maximum atomic E-state index is 14.7. The van der Waals surface area contributed by atoms with E-state index < -0.39 is 0 Å². The molecule has 0 bridgehead atoms. The lowest BCUT2D eigenvalue weighted by Gasteiger charge is -2.12. The highest BCUT2D eigenvalue weighted by Gasteiger charge is 2.14. The molecule has 1 heterocycles. The van der Waals surface area contributed by atoms with Crippen molar-refractivity contribution in [2.75, 3.05) is 38.8 Å². The normalized spacial score (nSPS) is 12.7. The average molecular weight is 441 g/mol. The number of rotatable bonds is 11. The highest BCUT2D eigenvalue weighted by atomic mass is 19.1. The number of hydrogen-bond donors (Lipinski definition) is 2. The van der Waals surface area contributed by atoms with Gasteiger partial charge in [0.15, 0.2) is 5.96 Å². The van der Waals surface area contributed by atoms with Crippen LogP contribution in [0.4, 0.5) is 10.3 Å². The number of nitrogens with two attached hydrogens (primary N) is 1. The Morgan fingerprint density at radius 1 is 1.16 bits per heavy atom. The monoisotopic (exact) mass is 440 g/mol. The molecule has 0 fully saturated rings. The van der Waals surface area contributed by atoms with E-state index in [1.807, 2.05) is 49.4 Å². The van der Waals surface area contributed by atoms with E-state index in [0.717, 1.165) is 16.8 Å². The van der Waals surface area contributed by atoms with Crippen LogP contribution in [0, 0.1) is 5.82 Å². The molecule has 1 unspecified atom stereocenters. The summed E-state index contributed by atoms with van der Waals surface area (Å²) in [5, 5.41) is 6.94. The standard InChI is InChI=1S/C24H29FN4O3/c1-17(19-8-9-21(22(25)15-19)18-6-4-3-5-7-18)14-20-16-23(32-29-20)28-24(26)27-10-11-31-13-12-30-2/h3-9,15-17H,10-14H2,1-2H3,(H3,26,27,28). The maximum Gasteiger partial charge on any atom is 0.231 e. The van der Waals surface area contributed by atoms with Crippen molar-refractivity contribution in [2.24, 2.45) is 10.7 Å². The van der Waals surface area contributed by atoms with Crippen molar-refractivity contribution < 1.29 is 18.4 Å². The second kappa shape index (κ2) is 12.0. The van der Waals surface area contributed by atoms with Crippen LogP contribution in [0.15, 0.2) is 64.1 Å². The summed E-state index contributed by atoms with van der Waals surface area (Å²) < 4.78 is 30.2. The predicted molar refractivity (Wildman–Crippen MR) is 123 cm³/mol. The third-order valence-corrected chi connectivity index (χ3v) is 4.92. The molecule has 1 aromatic heterocycles. The summed E-state index contributed by atoms with van der Waals surface area (Å²) in [6, 6.07) is 16.6. The molecule has 170 valence electrons. The Morgan fingerprint density at radius 2 is 1.97 bits per heavy atom. The lowest BCUT2D eigenvalue weighted by molar-refractivity contribution is 0.0748. The van der Waals surface area contributed by atoms with Gasteiger partial charge < -0.3 is 19.7 Å². The van der Waals surface area contributed by atoms with Crippen molar-refractivity contribution in [3.8, 4) is 11.1 Å². The number of nitrogens with one attached hydrogen (secondary N) is 1. The Labute approximate surface area is 187 Å². The Morgan fingerprint density at radius 3 is 2.72 bits per heavy atom. The molecule has 7 nitrogen and oxygen atoms in total. The van der Waals surface area contributed by atoms with Gasteiger partial charge in [0.1, 0.15) is 5.82 Å². The van der Waals surface area contributed by atoms with Gasteiger partial charge in [-0.1, -0.05) is 54.5 Å². The number of nitrogens with zero attached hydrogens (tertiary/aromatic N) is 2. The number of benzene rings is 2. The zero-order chi connectivity index (χ0) is 22.8. The summed E-state index contributed by atoms with van der Waals surface area (Å²) in [5.74, 6) is 0.440. The van der Waals surface area contributed by atoms with E-state index in [4.69, 9.17) is 19.7 Å². The van der Waals surface area contributed by atoms with E-state index in [2.05, 4.69) is 15.5 Å². The van der Waals surface area contributed by atoms with Crippen molar-refractivity contribution in [2.45, 2.75) is 19.3 Å². The van der Waals surface area contributed by atoms with Gasteiger partial charge in [0.05, 0.1) is 32.1 Å². The van der Waals surface area contributed by atoms with E-state index in [-0.39, 0.29) is 17.7 Å². The van der Waals surface area contributed by atoms with Gasteiger partial charge in [-0.3, -0.25) is 10.3 Å². The van der Waals surface area contributed by atoms with Crippen LogP contribution in [0.1, 0.15) is 24.1 Å². The second-order valence-electron chi connectivity index (χ2n) is 7.39. The van der Waals surface area contributed by atoms with Crippen molar-refractivity contribution in [1.29, 1.82) is 0 Å². The van der Waals surface area contributed by atoms with E-state index in [1.165, 1.54) is 0 Å². The minimum absolute atomic E-state index is 0.0579. The molecule has 3 rings (SSSR count). The van der Waals surface area contributed by atoms with Crippen LogP contribution in [0.2, 0.25) is 0 Å². The highest BCUT2D eigenvalue weighted by Crippen LogP contribution is 2.28. The lowest BCUT2D eigenvalue weighted by atomic mass is 9.94. The molecular formula is C24H29FN4O3. The zero-order valence-electron chi connectivity index (χ0n) is 18.4. The molecule has 8 heteroatoms. The molecule has 3 aromatic rings. The van der Waals surface area contributed by atoms with Gasteiger partial charge in [0.2, 0.25) is 5.88 Å². The Balaban J connectivity index is 1.53. The average Bonchev–Trinajstić information content (AvgIpc) is 3.23. The summed E-state index contributed by atoms with van der Waals surface area (Å²) in [6.45, 7) is 3.95. The number of anilines is 1. The minimum Gasteiger partial charge on any atom is -0.382 e. The predicted octanol–water partition coefficient (Wildman–Crippen LogP) is 4.22. The molecule has 3 N–H and O–H groups in total. The van der Waals surface area contributed by atoms with Gasteiger partial charge >= 0.3 is 0 Å². The van der Waals surface area contributed by atoms with E-state index >= 15 is 0 Å². The van der Waals surface area contributed by atoms with Gasteiger partial charge in [-0.15, -0.1) is 0 Å². The van der Waals surface area contributed by atoms with Crippen LogP contribution >= 0.6 is 0 Å². The number of hydrogen-bond acceptors (Lipinski definition) is 5. The topological polar surface area (TPSA) is 94.9 Å². The summed E-state index contributed by atoms with van der Waals surface area (Å²) in [5.41, 5.74) is 8.94. The lowest BCUT2D eigenvalue weighted by Crippen LogP contribution is -2.23. The molecule has 32 heavy (non-hydrogen) atoms. The Bertz CT molecular complexity index is 1010. The molecule has 0 aliphatic heterocycles. The smallest absolute Gasteiger partial charge is 0.231 e. The molecule has 0 radical (unpaired) electrons. The molecule has 0 saturated carbocycles. The van der Waals surface area contributed by atoms with Gasteiger partial charge in [-0.05, 0) is 29.5 Å². The maximum absolute atomic E-state index is 14.7.